The van der Waals surface area contributed by atoms with E-state index in [9.17, 15) is 14.0 Å². The smallest absolute Gasteiger partial charge is 0.329 e. The molecule has 0 heterocycles. The number of benzene rings is 3. The van der Waals surface area contributed by atoms with Crippen molar-refractivity contribution < 1.29 is 23.5 Å². The Morgan fingerprint density at radius 1 is 0.968 bits per heavy atom. The van der Waals surface area contributed by atoms with Crippen LogP contribution in [0.4, 0.5) is 10.1 Å². The van der Waals surface area contributed by atoms with Crippen molar-refractivity contribution in [3.05, 3.63) is 89.7 Å². The number of nitrogens with one attached hydrogen (secondary N) is 2. The van der Waals surface area contributed by atoms with Crippen molar-refractivity contribution in [1.29, 1.82) is 0 Å². The molecule has 3 aromatic carbocycles. The highest BCUT2D eigenvalue weighted by molar-refractivity contribution is 6.39. The van der Waals surface area contributed by atoms with Crippen LogP contribution in [0, 0.1) is 5.82 Å². The summed E-state index contributed by atoms with van der Waals surface area (Å²) in [4.78, 5) is 23.7. The molecule has 3 aromatic rings. The number of hydrogen-bond acceptors (Lipinski definition) is 5. The number of rotatable bonds is 7. The maximum absolute atomic E-state index is 13.2. The van der Waals surface area contributed by atoms with E-state index in [1.54, 1.807) is 60.7 Å². The van der Waals surface area contributed by atoms with Crippen LogP contribution < -0.4 is 20.2 Å². The molecule has 7 nitrogen and oxygen atoms in total. The number of carbonyl (C=O) groups excluding carboxylic acids is 2. The van der Waals surface area contributed by atoms with E-state index < -0.39 is 11.8 Å². The van der Waals surface area contributed by atoms with Crippen molar-refractivity contribution in [2.75, 3.05) is 12.4 Å². The number of halogens is 1. The molecule has 158 valence electrons. The minimum atomic E-state index is -0.901. The molecular weight excluding hydrogens is 401 g/mol. The fourth-order valence-electron chi connectivity index (χ4n) is 2.52. The summed E-state index contributed by atoms with van der Waals surface area (Å²) in [5.74, 6) is -0.820. The highest BCUT2D eigenvalue weighted by Gasteiger charge is 2.12. The van der Waals surface area contributed by atoms with E-state index in [1.807, 2.05) is 0 Å². The van der Waals surface area contributed by atoms with Crippen LogP contribution in [0.3, 0.4) is 0 Å². The summed E-state index contributed by atoms with van der Waals surface area (Å²) in [6.07, 6.45) is 1.40. The third kappa shape index (κ3) is 6.67. The summed E-state index contributed by atoms with van der Waals surface area (Å²) >= 11 is 0. The highest BCUT2D eigenvalue weighted by Crippen LogP contribution is 2.15. The molecule has 0 bridgehead atoms. The number of ether oxygens (including phenoxy) is 2. The molecule has 0 aliphatic heterocycles. The number of hydrogen-bond donors (Lipinski definition) is 2. The van der Waals surface area contributed by atoms with Crippen LogP contribution in [-0.4, -0.2) is 25.1 Å². The molecule has 3 rings (SSSR count). The molecule has 2 N–H and O–H groups in total. The van der Waals surface area contributed by atoms with Gasteiger partial charge < -0.3 is 14.8 Å². The average Bonchev–Trinajstić information content (AvgIpc) is 2.79. The lowest BCUT2D eigenvalue weighted by Crippen LogP contribution is -2.32. The fraction of sp³-hybridized carbons (Fsp3) is 0.0870. The predicted octanol–water partition coefficient (Wildman–Crippen LogP) is 3.50. The third-order valence-electron chi connectivity index (χ3n) is 4.11. The van der Waals surface area contributed by atoms with Crippen molar-refractivity contribution >= 4 is 23.7 Å². The second-order valence-electron chi connectivity index (χ2n) is 6.37. The number of amides is 2. The Morgan fingerprint density at radius 3 is 2.35 bits per heavy atom. The zero-order chi connectivity index (χ0) is 22.1. The summed E-state index contributed by atoms with van der Waals surface area (Å²) in [5.41, 5.74) is 4.04. The first kappa shape index (κ1) is 21.5. The normalized spacial score (nSPS) is 10.5. The zero-order valence-electron chi connectivity index (χ0n) is 16.7. The molecule has 8 heteroatoms. The Kier molecular flexibility index (Phi) is 7.31. The quantitative estimate of drug-likeness (QED) is 0.347. The minimum Gasteiger partial charge on any atom is -0.497 e. The van der Waals surface area contributed by atoms with Gasteiger partial charge in [-0.15, -0.1) is 0 Å². The number of nitrogens with zero attached hydrogens (tertiary/aromatic N) is 1. The van der Waals surface area contributed by atoms with Gasteiger partial charge >= 0.3 is 11.8 Å². The van der Waals surface area contributed by atoms with Gasteiger partial charge in [0.25, 0.3) is 0 Å². The maximum Gasteiger partial charge on any atom is 0.329 e. The topological polar surface area (TPSA) is 89.0 Å². The second-order valence-corrected chi connectivity index (χ2v) is 6.37. The van der Waals surface area contributed by atoms with E-state index >= 15 is 0 Å². The predicted molar refractivity (Wildman–Crippen MR) is 115 cm³/mol. The summed E-state index contributed by atoms with van der Waals surface area (Å²) in [6, 6.07) is 19.6. The molecule has 0 aliphatic rings. The lowest BCUT2D eigenvalue weighted by molar-refractivity contribution is -0.136. The first-order valence-corrected chi connectivity index (χ1v) is 9.29. The van der Waals surface area contributed by atoms with E-state index in [2.05, 4.69) is 15.8 Å². The Hall–Kier alpha value is -4.20. The summed E-state index contributed by atoms with van der Waals surface area (Å²) in [5, 5.41) is 6.24. The van der Waals surface area contributed by atoms with Crippen LogP contribution in [0.2, 0.25) is 0 Å². The Bertz CT molecular complexity index is 1070. The number of methoxy groups -OCH3 is 1. The average molecular weight is 421 g/mol. The largest absolute Gasteiger partial charge is 0.497 e. The molecule has 0 radical (unpaired) electrons. The van der Waals surface area contributed by atoms with Crippen LogP contribution in [0.25, 0.3) is 0 Å². The molecule has 0 aliphatic carbocycles. The molecule has 0 unspecified atom stereocenters. The first-order valence-electron chi connectivity index (χ1n) is 9.29. The monoisotopic (exact) mass is 421 g/mol. The van der Waals surface area contributed by atoms with Gasteiger partial charge in [-0.05, 0) is 71.8 Å². The Balaban J connectivity index is 1.46. The van der Waals surface area contributed by atoms with Gasteiger partial charge in [-0.2, -0.15) is 5.10 Å². The molecule has 0 saturated heterocycles. The SMILES string of the molecule is COc1ccc(NC(=O)C(=O)NN=Cc2ccc(OCc3cccc(F)c3)cc2)cc1. The second kappa shape index (κ2) is 10.5. The molecule has 0 fully saturated rings. The lowest BCUT2D eigenvalue weighted by atomic mass is 10.2. The minimum absolute atomic E-state index is 0.241. The van der Waals surface area contributed by atoms with E-state index in [-0.39, 0.29) is 12.4 Å². The Labute approximate surface area is 178 Å². The van der Waals surface area contributed by atoms with Crippen molar-refractivity contribution in [3.8, 4) is 11.5 Å². The highest BCUT2D eigenvalue weighted by atomic mass is 19.1. The summed E-state index contributed by atoms with van der Waals surface area (Å²) in [6.45, 7) is 0.241. The standard InChI is InChI=1S/C23H20FN3O4/c1-30-20-11-7-19(8-12-20)26-22(28)23(29)27-25-14-16-5-9-21(10-6-16)31-15-17-3-2-4-18(24)13-17/h2-14H,15H2,1H3,(H,26,28)(H,27,29). The van der Waals surface area contributed by atoms with Crippen molar-refractivity contribution in [1.82, 2.24) is 5.43 Å². The van der Waals surface area contributed by atoms with E-state index in [1.165, 1.54) is 25.5 Å². The summed E-state index contributed by atoms with van der Waals surface area (Å²) in [7, 11) is 1.53. The molecule has 31 heavy (non-hydrogen) atoms. The fourth-order valence-corrected chi connectivity index (χ4v) is 2.52. The number of anilines is 1. The van der Waals surface area contributed by atoms with Gasteiger partial charge in [0, 0.05) is 5.69 Å². The number of carbonyl (C=O) groups is 2. The van der Waals surface area contributed by atoms with Crippen LogP contribution in [0.15, 0.2) is 77.9 Å². The van der Waals surface area contributed by atoms with Crippen LogP contribution in [-0.2, 0) is 16.2 Å². The van der Waals surface area contributed by atoms with Crippen molar-refractivity contribution in [3.63, 3.8) is 0 Å². The van der Waals surface area contributed by atoms with Gasteiger partial charge in [0.2, 0.25) is 0 Å². The molecule has 0 saturated carbocycles. The van der Waals surface area contributed by atoms with Gasteiger partial charge in [-0.1, -0.05) is 12.1 Å². The zero-order valence-corrected chi connectivity index (χ0v) is 16.7. The van der Waals surface area contributed by atoms with Crippen LogP contribution >= 0.6 is 0 Å². The van der Waals surface area contributed by atoms with Crippen molar-refractivity contribution in [2.24, 2.45) is 5.10 Å². The molecule has 0 atom stereocenters. The molecular formula is C23H20FN3O4. The van der Waals surface area contributed by atoms with Crippen LogP contribution in [0.5, 0.6) is 11.5 Å². The van der Waals surface area contributed by atoms with Gasteiger partial charge in [-0.25, -0.2) is 9.82 Å². The first-order chi connectivity index (χ1) is 15.0. The third-order valence-corrected chi connectivity index (χ3v) is 4.11. The van der Waals surface area contributed by atoms with Gasteiger partial charge in [0.05, 0.1) is 13.3 Å². The Morgan fingerprint density at radius 2 is 1.68 bits per heavy atom. The molecule has 0 aromatic heterocycles. The van der Waals surface area contributed by atoms with Crippen molar-refractivity contribution in [2.45, 2.75) is 6.61 Å². The van der Waals surface area contributed by atoms with E-state index in [0.717, 1.165) is 5.56 Å². The van der Waals surface area contributed by atoms with E-state index in [4.69, 9.17) is 9.47 Å². The maximum atomic E-state index is 13.2. The van der Waals surface area contributed by atoms with Gasteiger partial charge in [0.15, 0.2) is 0 Å². The van der Waals surface area contributed by atoms with Gasteiger partial charge in [0.1, 0.15) is 23.9 Å². The lowest BCUT2D eigenvalue weighted by Gasteiger charge is -2.06. The summed E-state index contributed by atoms with van der Waals surface area (Å²) < 4.78 is 23.8. The van der Waals surface area contributed by atoms with E-state index in [0.29, 0.717) is 22.7 Å². The van der Waals surface area contributed by atoms with Crippen LogP contribution in [0.1, 0.15) is 11.1 Å². The number of hydrazone groups is 1. The molecule has 2 amide bonds. The van der Waals surface area contributed by atoms with Gasteiger partial charge in [-0.3, -0.25) is 9.59 Å². The molecule has 0 spiro atoms.